The normalized spacial score (nSPS) is 18.0. The quantitative estimate of drug-likeness (QED) is 0.705. The van der Waals surface area contributed by atoms with E-state index in [2.05, 4.69) is 50.1 Å². The lowest BCUT2D eigenvalue weighted by molar-refractivity contribution is -0.130. The van der Waals surface area contributed by atoms with Crippen LogP contribution >= 0.6 is 0 Å². The van der Waals surface area contributed by atoms with Gasteiger partial charge in [0.15, 0.2) is 11.6 Å². The molecule has 0 aliphatic carbocycles. The Bertz CT molecular complexity index is 1030. The number of nitrogens with one attached hydrogen (secondary N) is 1. The van der Waals surface area contributed by atoms with Gasteiger partial charge in [0.2, 0.25) is 5.91 Å². The summed E-state index contributed by atoms with van der Waals surface area (Å²) in [5.41, 5.74) is 2.15. The topological polar surface area (TPSA) is 68.4 Å². The van der Waals surface area contributed by atoms with Crippen molar-refractivity contribution in [1.29, 1.82) is 0 Å². The molecule has 2 fully saturated rings. The van der Waals surface area contributed by atoms with Crippen molar-refractivity contribution in [3.8, 4) is 0 Å². The van der Waals surface area contributed by atoms with Crippen molar-refractivity contribution < 1.29 is 4.79 Å². The van der Waals surface area contributed by atoms with Crippen LogP contribution in [0.4, 0.5) is 11.6 Å². The van der Waals surface area contributed by atoms with E-state index in [0.29, 0.717) is 19.5 Å². The zero-order valence-electron chi connectivity index (χ0n) is 18.1. The summed E-state index contributed by atoms with van der Waals surface area (Å²) in [5, 5.41) is 10.1. The minimum Gasteiger partial charge on any atom is -0.361 e. The summed E-state index contributed by atoms with van der Waals surface area (Å²) < 4.78 is 0. The van der Waals surface area contributed by atoms with Gasteiger partial charge in [0, 0.05) is 56.4 Å². The number of piperidine rings is 1. The highest BCUT2D eigenvalue weighted by atomic mass is 16.2. The fraction of sp³-hybridized carbons (Fsp3) is 0.458. The lowest BCUT2D eigenvalue weighted by Gasteiger charge is -2.35. The SMILES string of the molecule is CC1CCN(c2ccc(N3CCN(C(=O)Cc4c[nH]c5ccccc45)CC3)nn2)CC1. The molecular weight excluding hydrogens is 388 g/mol. The molecule has 2 aromatic heterocycles. The first-order valence-corrected chi connectivity index (χ1v) is 11.3. The van der Waals surface area contributed by atoms with Gasteiger partial charge in [-0.25, -0.2) is 0 Å². The zero-order chi connectivity index (χ0) is 21.2. The molecule has 3 aromatic rings. The van der Waals surface area contributed by atoms with Crippen molar-refractivity contribution in [3.05, 3.63) is 48.2 Å². The largest absolute Gasteiger partial charge is 0.361 e. The summed E-state index contributed by atoms with van der Waals surface area (Å²) in [4.78, 5) is 22.6. The van der Waals surface area contributed by atoms with Crippen LogP contribution in [0.15, 0.2) is 42.6 Å². The monoisotopic (exact) mass is 418 g/mol. The number of anilines is 2. The highest BCUT2D eigenvalue weighted by Crippen LogP contribution is 2.23. The van der Waals surface area contributed by atoms with Crippen LogP contribution in [0.3, 0.4) is 0 Å². The van der Waals surface area contributed by atoms with Gasteiger partial charge < -0.3 is 19.7 Å². The van der Waals surface area contributed by atoms with Gasteiger partial charge in [-0.1, -0.05) is 25.1 Å². The van der Waals surface area contributed by atoms with Crippen molar-refractivity contribution in [2.45, 2.75) is 26.2 Å². The number of H-pyrrole nitrogens is 1. The average Bonchev–Trinajstić information content (AvgIpc) is 3.23. The van der Waals surface area contributed by atoms with Crippen LogP contribution in [-0.4, -0.2) is 65.3 Å². The molecule has 4 heterocycles. The number of rotatable bonds is 4. The molecule has 1 aromatic carbocycles. The number of amides is 1. The molecule has 7 heteroatoms. The summed E-state index contributed by atoms with van der Waals surface area (Å²) in [7, 11) is 0. The third kappa shape index (κ3) is 4.22. The summed E-state index contributed by atoms with van der Waals surface area (Å²) in [6.45, 7) is 7.45. The Morgan fingerprint density at radius 2 is 1.58 bits per heavy atom. The Labute approximate surface area is 183 Å². The van der Waals surface area contributed by atoms with E-state index in [0.717, 1.165) is 60.2 Å². The minimum atomic E-state index is 0.185. The number of hydrogen-bond acceptors (Lipinski definition) is 5. The molecule has 162 valence electrons. The average molecular weight is 419 g/mol. The first kappa shape index (κ1) is 19.8. The predicted octanol–water partition coefficient (Wildman–Crippen LogP) is 3.09. The number of para-hydroxylation sites is 1. The van der Waals surface area contributed by atoms with Gasteiger partial charge in [-0.15, -0.1) is 10.2 Å². The van der Waals surface area contributed by atoms with E-state index >= 15 is 0 Å². The maximum atomic E-state index is 12.9. The standard InChI is InChI=1S/C24H30N6O/c1-18-8-10-28(11-9-18)22-6-7-23(27-26-22)29-12-14-30(15-13-29)24(31)16-19-17-25-21-5-3-2-4-20(19)21/h2-7,17-18,25H,8-16H2,1H3. The Hall–Kier alpha value is -3.09. The number of carbonyl (C=O) groups excluding carboxylic acids is 1. The summed E-state index contributed by atoms with van der Waals surface area (Å²) in [5.74, 6) is 2.87. The van der Waals surface area contributed by atoms with Gasteiger partial charge in [0.25, 0.3) is 0 Å². The first-order valence-electron chi connectivity index (χ1n) is 11.3. The van der Waals surface area contributed by atoms with Crippen molar-refractivity contribution in [2.24, 2.45) is 5.92 Å². The second kappa shape index (κ2) is 8.57. The van der Waals surface area contributed by atoms with E-state index in [1.54, 1.807) is 0 Å². The molecule has 5 rings (SSSR count). The van der Waals surface area contributed by atoms with Crippen LogP contribution in [-0.2, 0) is 11.2 Å². The van der Waals surface area contributed by atoms with E-state index in [1.165, 1.54) is 12.8 Å². The van der Waals surface area contributed by atoms with Crippen LogP contribution in [0.5, 0.6) is 0 Å². The summed E-state index contributed by atoms with van der Waals surface area (Å²) >= 11 is 0. The second-order valence-electron chi connectivity index (χ2n) is 8.82. The van der Waals surface area contributed by atoms with Gasteiger partial charge in [0.1, 0.15) is 0 Å². The molecule has 2 aliphatic rings. The van der Waals surface area contributed by atoms with E-state index in [-0.39, 0.29) is 5.91 Å². The highest BCUT2D eigenvalue weighted by molar-refractivity contribution is 5.89. The number of piperazine rings is 1. The molecule has 31 heavy (non-hydrogen) atoms. The van der Waals surface area contributed by atoms with Gasteiger partial charge >= 0.3 is 0 Å². The van der Waals surface area contributed by atoms with Crippen molar-refractivity contribution in [3.63, 3.8) is 0 Å². The molecule has 2 saturated heterocycles. The fourth-order valence-corrected chi connectivity index (χ4v) is 4.63. The summed E-state index contributed by atoms with van der Waals surface area (Å²) in [6.07, 6.45) is 4.84. The summed E-state index contributed by atoms with van der Waals surface area (Å²) in [6, 6.07) is 12.3. The van der Waals surface area contributed by atoms with Crippen molar-refractivity contribution in [2.75, 3.05) is 49.1 Å². The molecule has 1 amide bonds. The number of carbonyl (C=O) groups is 1. The minimum absolute atomic E-state index is 0.185. The fourth-order valence-electron chi connectivity index (χ4n) is 4.63. The van der Waals surface area contributed by atoms with Crippen LogP contribution in [0, 0.1) is 5.92 Å². The number of benzene rings is 1. The van der Waals surface area contributed by atoms with Gasteiger partial charge in [-0.3, -0.25) is 4.79 Å². The Morgan fingerprint density at radius 1 is 0.935 bits per heavy atom. The van der Waals surface area contributed by atoms with Gasteiger partial charge in [-0.2, -0.15) is 0 Å². The lowest BCUT2D eigenvalue weighted by Crippen LogP contribution is -2.49. The number of nitrogens with zero attached hydrogens (tertiary/aromatic N) is 5. The van der Waals surface area contributed by atoms with E-state index < -0.39 is 0 Å². The number of hydrogen-bond donors (Lipinski definition) is 1. The van der Waals surface area contributed by atoms with Crippen molar-refractivity contribution in [1.82, 2.24) is 20.1 Å². The molecular formula is C24H30N6O. The lowest BCUT2D eigenvalue weighted by atomic mass is 9.99. The molecule has 2 aliphatic heterocycles. The molecule has 7 nitrogen and oxygen atoms in total. The Morgan fingerprint density at radius 3 is 2.26 bits per heavy atom. The highest BCUT2D eigenvalue weighted by Gasteiger charge is 2.23. The van der Waals surface area contributed by atoms with Crippen LogP contribution in [0.1, 0.15) is 25.3 Å². The molecule has 0 saturated carbocycles. The third-order valence-electron chi connectivity index (χ3n) is 6.72. The number of aromatic amines is 1. The molecule has 0 bridgehead atoms. The smallest absolute Gasteiger partial charge is 0.227 e. The van der Waals surface area contributed by atoms with E-state index in [1.807, 2.05) is 29.3 Å². The van der Waals surface area contributed by atoms with Gasteiger partial charge in [-0.05, 0) is 42.5 Å². The first-order chi connectivity index (χ1) is 15.2. The predicted molar refractivity (Wildman–Crippen MR) is 123 cm³/mol. The molecule has 0 radical (unpaired) electrons. The maximum Gasteiger partial charge on any atom is 0.227 e. The molecule has 0 unspecified atom stereocenters. The van der Waals surface area contributed by atoms with Gasteiger partial charge in [0.05, 0.1) is 6.42 Å². The molecule has 0 atom stereocenters. The Balaban J connectivity index is 1.16. The third-order valence-corrected chi connectivity index (χ3v) is 6.72. The number of fused-ring (bicyclic) bond motifs is 1. The second-order valence-corrected chi connectivity index (χ2v) is 8.82. The van der Waals surface area contributed by atoms with Crippen LogP contribution < -0.4 is 9.80 Å². The van der Waals surface area contributed by atoms with Crippen LogP contribution in [0.2, 0.25) is 0 Å². The zero-order valence-corrected chi connectivity index (χ0v) is 18.1. The number of aromatic nitrogens is 3. The van der Waals surface area contributed by atoms with Crippen molar-refractivity contribution >= 4 is 28.4 Å². The Kier molecular flexibility index (Phi) is 5.49. The van der Waals surface area contributed by atoms with Crippen LogP contribution in [0.25, 0.3) is 10.9 Å². The molecule has 1 N–H and O–H groups in total. The van der Waals surface area contributed by atoms with E-state index in [9.17, 15) is 4.79 Å². The molecule has 0 spiro atoms. The van der Waals surface area contributed by atoms with E-state index in [4.69, 9.17) is 0 Å². The maximum absolute atomic E-state index is 12.9.